The van der Waals surface area contributed by atoms with Crippen molar-refractivity contribution in [3.63, 3.8) is 0 Å². The molecule has 6 heteroatoms. The predicted octanol–water partition coefficient (Wildman–Crippen LogP) is 2.96. The number of carbonyl (C=O) groups excluding carboxylic acids is 1. The van der Waals surface area contributed by atoms with E-state index >= 15 is 0 Å². The molecule has 5 rings (SSSR count). The zero-order chi connectivity index (χ0) is 19.8. The number of urea groups is 1. The van der Waals surface area contributed by atoms with Gasteiger partial charge in [0, 0.05) is 26.2 Å². The first-order valence-electron chi connectivity index (χ1n) is 10.4. The van der Waals surface area contributed by atoms with Crippen molar-refractivity contribution in [3.8, 4) is 0 Å². The number of benzene rings is 2. The molecule has 29 heavy (non-hydrogen) atoms. The zero-order valence-corrected chi connectivity index (χ0v) is 16.4. The van der Waals surface area contributed by atoms with Gasteiger partial charge in [-0.15, -0.1) is 0 Å². The fourth-order valence-electron chi connectivity index (χ4n) is 4.94. The van der Waals surface area contributed by atoms with E-state index in [4.69, 9.17) is 4.74 Å². The van der Waals surface area contributed by atoms with Gasteiger partial charge >= 0.3 is 6.03 Å². The zero-order valence-electron chi connectivity index (χ0n) is 16.4. The Morgan fingerprint density at radius 3 is 2.76 bits per heavy atom. The minimum atomic E-state index is -0.265. The van der Waals surface area contributed by atoms with E-state index in [9.17, 15) is 9.18 Å². The molecule has 2 fully saturated rings. The van der Waals surface area contributed by atoms with E-state index < -0.39 is 0 Å². The van der Waals surface area contributed by atoms with Crippen LogP contribution in [0.4, 0.5) is 9.18 Å². The molecule has 0 saturated carbocycles. The molecule has 1 N–H and O–H groups in total. The van der Waals surface area contributed by atoms with Gasteiger partial charge in [0.2, 0.25) is 0 Å². The van der Waals surface area contributed by atoms with Crippen LogP contribution in [0.1, 0.15) is 29.2 Å². The number of rotatable bonds is 1. The highest BCUT2D eigenvalue weighted by Crippen LogP contribution is 2.37. The Morgan fingerprint density at radius 1 is 1.14 bits per heavy atom. The number of halogens is 1. The molecule has 0 aromatic heterocycles. The number of hydrogen-bond acceptors (Lipinski definition) is 3. The molecule has 0 unspecified atom stereocenters. The van der Waals surface area contributed by atoms with Crippen LogP contribution in [0, 0.1) is 5.82 Å². The Labute approximate surface area is 170 Å². The van der Waals surface area contributed by atoms with Gasteiger partial charge in [0.1, 0.15) is 5.82 Å². The summed E-state index contributed by atoms with van der Waals surface area (Å²) in [5.74, 6) is -0.265. The first-order valence-corrected chi connectivity index (χ1v) is 10.4. The second-order valence-electron chi connectivity index (χ2n) is 8.26. The fraction of sp³-hybridized carbons (Fsp3) is 0.435. The highest BCUT2D eigenvalue weighted by Gasteiger charge is 2.44. The second-order valence-corrected chi connectivity index (χ2v) is 8.26. The van der Waals surface area contributed by atoms with Crippen molar-refractivity contribution in [1.82, 2.24) is 15.1 Å². The molecule has 2 atom stereocenters. The summed E-state index contributed by atoms with van der Waals surface area (Å²) in [6.07, 6.45) is 1.69. The highest BCUT2D eigenvalue weighted by molar-refractivity contribution is 5.77. The van der Waals surface area contributed by atoms with Crippen LogP contribution in [0.25, 0.3) is 0 Å². The van der Waals surface area contributed by atoms with Crippen LogP contribution in [0.2, 0.25) is 0 Å². The van der Waals surface area contributed by atoms with Crippen molar-refractivity contribution in [1.29, 1.82) is 0 Å². The molecule has 3 aliphatic heterocycles. The third-order valence-electron chi connectivity index (χ3n) is 6.44. The number of amides is 2. The summed E-state index contributed by atoms with van der Waals surface area (Å²) < 4.78 is 19.6. The second kappa shape index (κ2) is 7.43. The number of hydrogen-bond donors (Lipinski definition) is 1. The first kappa shape index (κ1) is 18.6. The van der Waals surface area contributed by atoms with E-state index in [0.29, 0.717) is 26.2 Å². The van der Waals surface area contributed by atoms with Gasteiger partial charge < -0.3 is 19.9 Å². The van der Waals surface area contributed by atoms with E-state index in [2.05, 4.69) is 17.4 Å². The number of nitrogens with zero attached hydrogens (tertiary/aromatic N) is 2. The van der Waals surface area contributed by atoms with Crippen LogP contribution >= 0.6 is 0 Å². The lowest BCUT2D eigenvalue weighted by Gasteiger charge is -2.40. The molecule has 0 radical (unpaired) electrons. The molecule has 2 saturated heterocycles. The summed E-state index contributed by atoms with van der Waals surface area (Å²) in [7, 11) is 0. The Kier molecular flexibility index (Phi) is 4.76. The number of ether oxygens (including phenoxy) is 1. The molecule has 152 valence electrons. The smallest absolute Gasteiger partial charge is 0.320 e. The number of nitrogens with one attached hydrogen (secondary N) is 1. The number of likely N-dealkylation sites (tertiary alicyclic amines) is 1. The van der Waals surface area contributed by atoms with Crippen LogP contribution in [-0.4, -0.2) is 60.8 Å². The van der Waals surface area contributed by atoms with Crippen LogP contribution in [0.5, 0.6) is 0 Å². The van der Waals surface area contributed by atoms with Gasteiger partial charge in [0.05, 0.1) is 24.8 Å². The van der Waals surface area contributed by atoms with Crippen molar-refractivity contribution >= 4 is 6.03 Å². The molecule has 0 aliphatic carbocycles. The Hall–Kier alpha value is -2.44. The molecular weight excluding hydrogens is 369 g/mol. The van der Waals surface area contributed by atoms with Crippen molar-refractivity contribution < 1.29 is 13.9 Å². The summed E-state index contributed by atoms with van der Waals surface area (Å²) in [4.78, 5) is 17.5. The van der Waals surface area contributed by atoms with Crippen LogP contribution < -0.4 is 5.32 Å². The van der Waals surface area contributed by atoms with Crippen LogP contribution in [0.3, 0.4) is 0 Å². The molecule has 2 amide bonds. The summed E-state index contributed by atoms with van der Waals surface area (Å²) >= 11 is 0. The normalized spacial score (nSPS) is 26.6. The van der Waals surface area contributed by atoms with Gasteiger partial charge in [-0.2, -0.15) is 0 Å². The van der Waals surface area contributed by atoms with Gasteiger partial charge in [0.15, 0.2) is 0 Å². The summed E-state index contributed by atoms with van der Waals surface area (Å²) in [5.41, 5.74) is 3.07. The highest BCUT2D eigenvalue weighted by atomic mass is 19.1. The van der Waals surface area contributed by atoms with Crippen molar-refractivity contribution in [2.75, 3.05) is 39.3 Å². The third-order valence-corrected chi connectivity index (χ3v) is 6.44. The lowest BCUT2D eigenvalue weighted by atomic mass is 9.88. The Balaban J connectivity index is 1.45. The maximum absolute atomic E-state index is 13.6. The van der Waals surface area contributed by atoms with Gasteiger partial charge in [0.25, 0.3) is 0 Å². The lowest BCUT2D eigenvalue weighted by Crippen LogP contribution is -2.53. The average Bonchev–Trinajstić information content (AvgIpc) is 3.17. The van der Waals surface area contributed by atoms with E-state index in [-0.39, 0.29) is 23.5 Å². The predicted molar refractivity (Wildman–Crippen MR) is 108 cm³/mol. The molecule has 0 bridgehead atoms. The number of fused-ring (bicyclic) bond motifs is 1. The monoisotopic (exact) mass is 395 g/mol. The molecule has 1 spiro atoms. The summed E-state index contributed by atoms with van der Waals surface area (Å²) in [5, 5.41) is 3.40. The van der Waals surface area contributed by atoms with Crippen LogP contribution in [-0.2, 0) is 11.2 Å². The number of carbonyl (C=O) groups is 1. The minimum Gasteiger partial charge on any atom is -0.370 e. The standard InChI is InChI=1S/C23H26FN3O2/c24-19-7-5-18(6-8-19)21-20-4-2-1-3-17(20)9-12-27(21)22(28)26-13-10-23(16-26)15-25-11-14-29-23/h1-8,21,25H,9-16H2/t21-,23+/m0/s1. The number of morpholine rings is 1. The lowest BCUT2D eigenvalue weighted by molar-refractivity contribution is -0.0559. The molecule has 5 nitrogen and oxygen atoms in total. The molecule has 3 aliphatic rings. The average molecular weight is 395 g/mol. The molecule has 3 heterocycles. The van der Waals surface area contributed by atoms with Crippen molar-refractivity contribution in [2.24, 2.45) is 0 Å². The van der Waals surface area contributed by atoms with Gasteiger partial charge in [-0.3, -0.25) is 0 Å². The summed E-state index contributed by atoms with van der Waals surface area (Å²) in [6, 6.07) is 14.6. The largest absolute Gasteiger partial charge is 0.370 e. The first-order chi connectivity index (χ1) is 14.2. The van der Waals surface area contributed by atoms with E-state index in [1.807, 2.05) is 21.9 Å². The van der Waals surface area contributed by atoms with Crippen LogP contribution in [0.15, 0.2) is 48.5 Å². The van der Waals surface area contributed by atoms with E-state index in [0.717, 1.165) is 37.1 Å². The van der Waals surface area contributed by atoms with Crippen molar-refractivity contribution in [2.45, 2.75) is 24.5 Å². The fourth-order valence-corrected chi connectivity index (χ4v) is 4.94. The molecule has 2 aromatic carbocycles. The van der Waals surface area contributed by atoms with Gasteiger partial charge in [-0.1, -0.05) is 36.4 Å². The minimum absolute atomic E-state index is 0.0416. The topological polar surface area (TPSA) is 44.8 Å². The molecule has 2 aromatic rings. The van der Waals surface area contributed by atoms with Gasteiger partial charge in [-0.25, -0.2) is 9.18 Å². The Bertz CT molecular complexity index is 895. The maximum Gasteiger partial charge on any atom is 0.320 e. The molecular formula is C23H26FN3O2. The Morgan fingerprint density at radius 2 is 1.97 bits per heavy atom. The maximum atomic E-state index is 13.6. The van der Waals surface area contributed by atoms with Gasteiger partial charge in [-0.05, 0) is 41.7 Å². The quantitative estimate of drug-likeness (QED) is 0.808. The summed E-state index contributed by atoms with van der Waals surface area (Å²) in [6.45, 7) is 4.33. The van der Waals surface area contributed by atoms with E-state index in [1.165, 1.54) is 17.7 Å². The van der Waals surface area contributed by atoms with E-state index in [1.54, 1.807) is 12.1 Å². The SMILES string of the molecule is O=C(N1CC[C@@]2(CNCCO2)C1)N1CCc2ccccc2[C@@H]1c1ccc(F)cc1. The third kappa shape index (κ3) is 3.40. The van der Waals surface area contributed by atoms with Crippen molar-refractivity contribution in [3.05, 3.63) is 71.0 Å².